The van der Waals surface area contributed by atoms with Crippen LogP contribution in [0.2, 0.25) is 0 Å². The lowest BCUT2D eigenvalue weighted by Gasteiger charge is -2.19. The quantitative estimate of drug-likeness (QED) is 0.893. The first-order valence-corrected chi connectivity index (χ1v) is 7.57. The van der Waals surface area contributed by atoms with Crippen molar-refractivity contribution < 1.29 is 9.53 Å². The summed E-state index contributed by atoms with van der Waals surface area (Å²) < 4.78 is 6.38. The van der Waals surface area contributed by atoms with Crippen LogP contribution in [0, 0.1) is 5.92 Å². The molecule has 1 aromatic heterocycles. The number of anilines is 1. The van der Waals surface area contributed by atoms with Gasteiger partial charge in [-0.15, -0.1) is 11.3 Å². The van der Waals surface area contributed by atoms with E-state index in [2.05, 4.69) is 24.5 Å². The van der Waals surface area contributed by atoms with E-state index >= 15 is 0 Å². The number of fused-ring (bicyclic) bond motifs is 3. The fraction of sp³-hybridized carbons (Fsp3) is 0.400. The van der Waals surface area contributed by atoms with Gasteiger partial charge in [-0.05, 0) is 24.1 Å². The van der Waals surface area contributed by atoms with Crippen molar-refractivity contribution in [3.63, 3.8) is 0 Å². The van der Waals surface area contributed by atoms with Gasteiger partial charge in [0.1, 0.15) is 10.6 Å². The standard InChI is InChI=1S/C15H18N2O2S/c1-8(2)11-7-16-13-10-6-9(19-3)4-5-12(10)20-14(13)15(18)17-11/h4-6,8,11,16H,7H2,1-3H3,(H,17,18)/t11-/m0/s1. The van der Waals surface area contributed by atoms with Gasteiger partial charge < -0.3 is 15.4 Å². The number of hydrogen-bond donors (Lipinski definition) is 2. The molecule has 0 saturated carbocycles. The van der Waals surface area contributed by atoms with Crippen LogP contribution in [0.25, 0.3) is 10.1 Å². The third-order valence-corrected chi connectivity index (χ3v) is 4.89. The fourth-order valence-corrected chi connectivity index (χ4v) is 3.50. The molecule has 1 amide bonds. The van der Waals surface area contributed by atoms with E-state index in [4.69, 9.17) is 4.74 Å². The third kappa shape index (κ3) is 2.12. The molecule has 1 aliphatic rings. The predicted molar refractivity (Wildman–Crippen MR) is 83.0 cm³/mol. The molecule has 20 heavy (non-hydrogen) atoms. The molecule has 0 fully saturated rings. The van der Waals surface area contributed by atoms with Crippen molar-refractivity contribution in [2.45, 2.75) is 19.9 Å². The Morgan fingerprint density at radius 1 is 1.40 bits per heavy atom. The number of methoxy groups -OCH3 is 1. The maximum Gasteiger partial charge on any atom is 0.263 e. The summed E-state index contributed by atoms with van der Waals surface area (Å²) >= 11 is 1.52. The Morgan fingerprint density at radius 2 is 2.20 bits per heavy atom. The first-order valence-electron chi connectivity index (χ1n) is 6.75. The molecular formula is C15H18N2O2S. The Labute approximate surface area is 122 Å². The van der Waals surface area contributed by atoms with Crippen LogP contribution >= 0.6 is 11.3 Å². The molecule has 3 rings (SSSR count). The molecule has 1 aromatic carbocycles. The van der Waals surface area contributed by atoms with E-state index in [1.54, 1.807) is 7.11 Å². The molecule has 1 atom stereocenters. The summed E-state index contributed by atoms with van der Waals surface area (Å²) in [5, 5.41) is 7.59. The highest BCUT2D eigenvalue weighted by molar-refractivity contribution is 7.21. The zero-order chi connectivity index (χ0) is 14.3. The number of amides is 1. The van der Waals surface area contributed by atoms with Crippen molar-refractivity contribution in [2.75, 3.05) is 19.0 Å². The first kappa shape index (κ1) is 13.2. The summed E-state index contributed by atoms with van der Waals surface area (Å²) in [7, 11) is 1.65. The number of thiophene rings is 1. The Morgan fingerprint density at radius 3 is 2.90 bits per heavy atom. The zero-order valence-electron chi connectivity index (χ0n) is 11.8. The summed E-state index contributed by atoms with van der Waals surface area (Å²) in [4.78, 5) is 13.1. The molecule has 2 N–H and O–H groups in total. The van der Waals surface area contributed by atoms with Crippen molar-refractivity contribution in [1.29, 1.82) is 0 Å². The van der Waals surface area contributed by atoms with E-state index in [9.17, 15) is 4.79 Å². The summed E-state index contributed by atoms with van der Waals surface area (Å²) in [5.74, 6) is 1.23. The van der Waals surface area contributed by atoms with E-state index < -0.39 is 0 Å². The van der Waals surface area contributed by atoms with E-state index in [1.807, 2.05) is 18.2 Å². The highest BCUT2D eigenvalue weighted by atomic mass is 32.1. The lowest BCUT2D eigenvalue weighted by molar-refractivity contribution is 0.0937. The smallest absolute Gasteiger partial charge is 0.263 e. The van der Waals surface area contributed by atoms with E-state index in [1.165, 1.54) is 11.3 Å². The van der Waals surface area contributed by atoms with E-state index in [0.717, 1.165) is 32.9 Å². The van der Waals surface area contributed by atoms with Crippen molar-refractivity contribution >= 4 is 33.0 Å². The normalized spacial score (nSPS) is 18.4. The van der Waals surface area contributed by atoms with Gasteiger partial charge in [0.15, 0.2) is 0 Å². The van der Waals surface area contributed by atoms with Crippen LogP contribution < -0.4 is 15.4 Å². The van der Waals surface area contributed by atoms with E-state index in [-0.39, 0.29) is 11.9 Å². The van der Waals surface area contributed by atoms with Crippen LogP contribution in [0.4, 0.5) is 5.69 Å². The lowest BCUT2D eigenvalue weighted by Crippen LogP contribution is -2.40. The summed E-state index contributed by atoms with van der Waals surface area (Å²) in [6.07, 6.45) is 0. The Kier molecular flexibility index (Phi) is 3.30. The van der Waals surface area contributed by atoms with Gasteiger partial charge in [-0.1, -0.05) is 13.8 Å². The van der Waals surface area contributed by atoms with Crippen molar-refractivity contribution in [3.8, 4) is 5.75 Å². The third-order valence-electron chi connectivity index (χ3n) is 3.72. The van der Waals surface area contributed by atoms with Gasteiger partial charge in [-0.2, -0.15) is 0 Å². The van der Waals surface area contributed by atoms with Crippen LogP contribution in [0.5, 0.6) is 5.75 Å². The second-order valence-corrected chi connectivity index (χ2v) is 6.43. The number of hydrogen-bond acceptors (Lipinski definition) is 4. The Hall–Kier alpha value is -1.75. The van der Waals surface area contributed by atoms with Crippen molar-refractivity contribution in [1.82, 2.24) is 5.32 Å². The van der Waals surface area contributed by atoms with Crippen LogP contribution in [0.15, 0.2) is 18.2 Å². The fourth-order valence-electron chi connectivity index (χ4n) is 2.44. The van der Waals surface area contributed by atoms with Gasteiger partial charge in [-0.3, -0.25) is 4.79 Å². The Bertz CT molecular complexity index is 663. The molecule has 0 radical (unpaired) electrons. The summed E-state index contributed by atoms with van der Waals surface area (Å²) in [6, 6.07) is 6.07. The highest BCUT2D eigenvalue weighted by Gasteiger charge is 2.26. The molecule has 0 spiro atoms. The largest absolute Gasteiger partial charge is 0.497 e. The van der Waals surface area contributed by atoms with Gasteiger partial charge in [-0.25, -0.2) is 0 Å². The first-order chi connectivity index (χ1) is 9.60. The summed E-state index contributed by atoms with van der Waals surface area (Å²) in [6.45, 7) is 4.99. The SMILES string of the molecule is COc1ccc2sc3c(c2c1)NC[C@@H](C(C)C)NC3=O. The van der Waals surface area contributed by atoms with Gasteiger partial charge in [0.05, 0.1) is 12.8 Å². The van der Waals surface area contributed by atoms with Gasteiger partial charge >= 0.3 is 0 Å². The number of nitrogens with one attached hydrogen (secondary N) is 2. The maximum absolute atomic E-state index is 12.4. The van der Waals surface area contributed by atoms with Crippen molar-refractivity contribution in [2.24, 2.45) is 5.92 Å². The second kappa shape index (κ2) is 4.98. The second-order valence-electron chi connectivity index (χ2n) is 5.37. The maximum atomic E-state index is 12.4. The molecule has 2 heterocycles. The van der Waals surface area contributed by atoms with Crippen LogP contribution in [-0.4, -0.2) is 25.6 Å². The van der Waals surface area contributed by atoms with Crippen molar-refractivity contribution in [3.05, 3.63) is 23.1 Å². The molecule has 0 saturated heterocycles. The minimum atomic E-state index is 0.0175. The molecule has 4 nitrogen and oxygen atoms in total. The number of benzene rings is 1. The molecule has 0 bridgehead atoms. The average molecular weight is 290 g/mol. The zero-order valence-corrected chi connectivity index (χ0v) is 12.6. The number of carbonyl (C=O) groups is 1. The minimum absolute atomic E-state index is 0.0175. The molecular weight excluding hydrogens is 272 g/mol. The van der Waals surface area contributed by atoms with Crippen LogP contribution in [-0.2, 0) is 0 Å². The van der Waals surface area contributed by atoms with Crippen LogP contribution in [0.3, 0.4) is 0 Å². The number of rotatable bonds is 2. The molecule has 106 valence electrons. The van der Waals surface area contributed by atoms with Crippen LogP contribution in [0.1, 0.15) is 23.5 Å². The Balaban J connectivity index is 2.08. The minimum Gasteiger partial charge on any atom is -0.497 e. The molecule has 0 unspecified atom stereocenters. The predicted octanol–water partition coefficient (Wildman–Crippen LogP) is 3.09. The monoisotopic (exact) mass is 290 g/mol. The molecule has 0 aliphatic carbocycles. The van der Waals surface area contributed by atoms with E-state index in [0.29, 0.717) is 5.92 Å². The van der Waals surface area contributed by atoms with Gasteiger partial charge in [0, 0.05) is 22.7 Å². The molecule has 2 aromatic rings. The number of ether oxygens (including phenoxy) is 1. The van der Waals surface area contributed by atoms with Gasteiger partial charge in [0.25, 0.3) is 5.91 Å². The number of carbonyl (C=O) groups excluding carboxylic acids is 1. The summed E-state index contributed by atoms with van der Waals surface area (Å²) in [5.41, 5.74) is 0.935. The lowest BCUT2D eigenvalue weighted by atomic mass is 10.1. The molecule has 5 heteroatoms. The van der Waals surface area contributed by atoms with Gasteiger partial charge in [0.2, 0.25) is 0 Å². The highest BCUT2D eigenvalue weighted by Crippen LogP contribution is 2.38. The molecule has 1 aliphatic heterocycles. The average Bonchev–Trinajstić information content (AvgIpc) is 2.72. The topological polar surface area (TPSA) is 50.4 Å².